The van der Waals surface area contributed by atoms with Crippen LogP contribution in [0.4, 0.5) is 17.1 Å². The molecule has 276 valence electrons. The standard InChI is InChI=1S/C43H48ClN5O2S2/c1-30-27-39(21-22-43(30,3)46-52-38-11-6-5-7-12-38)53(51)45-35-17-19-36(20-18-35)48-23-25-49(26-24-48)37-10-8-9-33(28-37)41-40(29-50)31(2)47(4)42(41)32-13-15-34(44)16-14-32/h6,8-20,27-29,39,45-46H,5,7,21-26H2,1-4H3/t39?,43-,53?/m0/s1. The van der Waals surface area contributed by atoms with Crippen molar-refractivity contribution in [3.63, 3.8) is 0 Å². The van der Waals surface area contributed by atoms with Crippen LogP contribution in [0.25, 0.3) is 22.4 Å². The summed E-state index contributed by atoms with van der Waals surface area (Å²) in [6.07, 6.45) is 13.9. The summed E-state index contributed by atoms with van der Waals surface area (Å²) in [4.78, 5) is 18.5. The van der Waals surface area contributed by atoms with E-state index in [4.69, 9.17) is 11.6 Å². The number of benzene rings is 3. The van der Waals surface area contributed by atoms with Gasteiger partial charge in [0.25, 0.3) is 0 Å². The zero-order valence-electron chi connectivity index (χ0n) is 30.9. The Labute approximate surface area is 326 Å². The van der Waals surface area contributed by atoms with Crippen LogP contribution in [0.3, 0.4) is 0 Å². The summed E-state index contributed by atoms with van der Waals surface area (Å²) in [5, 5.41) is 0.649. The highest BCUT2D eigenvalue weighted by atomic mass is 35.5. The lowest BCUT2D eigenvalue weighted by Crippen LogP contribution is -2.46. The maximum Gasteiger partial charge on any atom is 0.159 e. The van der Waals surface area contributed by atoms with Crippen LogP contribution in [-0.4, -0.2) is 52.4 Å². The molecule has 2 unspecified atom stereocenters. The molecule has 2 N–H and O–H groups in total. The lowest BCUT2D eigenvalue weighted by Gasteiger charge is -2.38. The molecule has 4 aromatic rings. The molecule has 3 aromatic carbocycles. The van der Waals surface area contributed by atoms with E-state index in [1.165, 1.54) is 10.5 Å². The van der Waals surface area contributed by atoms with Gasteiger partial charge in [0.15, 0.2) is 11.5 Å². The van der Waals surface area contributed by atoms with Crippen molar-refractivity contribution < 1.29 is 9.35 Å². The zero-order chi connectivity index (χ0) is 37.1. The second-order valence-electron chi connectivity index (χ2n) is 14.4. The highest BCUT2D eigenvalue weighted by molar-refractivity contribution is 8.01. The van der Waals surface area contributed by atoms with E-state index in [0.717, 1.165) is 103 Å². The number of halogens is 1. The summed E-state index contributed by atoms with van der Waals surface area (Å²) in [6.45, 7) is 9.91. The number of rotatable bonds is 11. The fourth-order valence-electron chi connectivity index (χ4n) is 7.53. The average molecular weight is 766 g/mol. The normalized spacial score (nSPS) is 20.9. The number of piperazine rings is 1. The monoisotopic (exact) mass is 765 g/mol. The number of nitrogens with one attached hydrogen (secondary N) is 2. The van der Waals surface area contributed by atoms with E-state index in [9.17, 15) is 9.35 Å². The molecule has 1 saturated heterocycles. The van der Waals surface area contributed by atoms with E-state index in [1.54, 1.807) is 11.9 Å². The molecule has 7 nitrogen and oxygen atoms in total. The zero-order valence-corrected chi connectivity index (χ0v) is 33.3. The number of carbonyl (C=O) groups is 1. The van der Waals surface area contributed by atoms with Crippen molar-refractivity contribution in [3.8, 4) is 22.4 Å². The van der Waals surface area contributed by atoms with Crippen molar-refractivity contribution >= 4 is 58.3 Å². The summed E-state index contributed by atoms with van der Waals surface area (Å²) < 4.78 is 22.5. The molecule has 1 fully saturated rings. The molecular weight excluding hydrogens is 718 g/mol. The topological polar surface area (TPSA) is 75.6 Å². The minimum Gasteiger partial charge on any atom is -0.593 e. The molecule has 7 rings (SSSR count). The van der Waals surface area contributed by atoms with Gasteiger partial charge in [-0.05, 0) is 118 Å². The number of allylic oxidation sites excluding steroid dienone is 3. The summed E-state index contributed by atoms with van der Waals surface area (Å²) >= 11 is 6.70. The second kappa shape index (κ2) is 16.2. The Bertz CT molecular complexity index is 2030. The smallest absolute Gasteiger partial charge is 0.159 e. The average Bonchev–Trinajstić information content (AvgIpc) is 3.45. The van der Waals surface area contributed by atoms with E-state index in [1.807, 2.05) is 50.4 Å². The van der Waals surface area contributed by atoms with Crippen molar-refractivity contribution in [1.29, 1.82) is 0 Å². The van der Waals surface area contributed by atoms with Crippen LogP contribution in [0.1, 0.15) is 55.6 Å². The van der Waals surface area contributed by atoms with Gasteiger partial charge in [0, 0.05) is 83.3 Å². The Kier molecular flexibility index (Phi) is 11.5. The van der Waals surface area contributed by atoms with Crippen LogP contribution in [0.2, 0.25) is 5.02 Å². The van der Waals surface area contributed by atoms with Gasteiger partial charge in [-0.25, -0.2) is 9.44 Å². The summed E-state index contributed by atoms with van der Waals surface area (Å²) in [7, 11) is 2.01. The summed E-state index contributed by atoms with van der Waals surface area (Å²) in [6, 6.07) is 24.7. The number of nitrogens with zero attached hydrogens (tertiary/aromatic N) is 3. The predicted molar refractivity (Wildman–Crippen MR) is 226 cm³/mol. The van der Waals surface area contributed by atoms with Gasteiger partial charge in [-0.15, -0.1) is 0 Å². The molecule has 0 bridgehead atoms. The molecule has 2 heterocycles. The molecule has 3 atom stereocenters. The molecule has 0 saturated carbocycles. The van der Waals surface area contributed by atoms with Gasteiger partial charge in [-0.2, -0.15) is 0 Å². The Balaban J connectivity index is 0.967. The SMILES string of the molecule is CC1=CC([S+]([O-])Nc2ccc(N3CCN(c4cccc(-c5c(C=O)c(C)n(C)c5-c5ccc(Cl)cc5)c4)CC3)cc2)CC[C@]1(C)NSC1=CCCC=C1. The van der Waals surface area contributed by atoms with Crippen molar-refractivity contribution in [2.75, 3.05) is 40.7 Å². The highest BCUT2D eigenvalue weighted by Crippen LogP contribution is 2.40. The van der Waals surface area contributed by atoms with Gasteiger partial charge in [0.2, 0.25) is 0 Å². The van der Waals surface area contributed by atoms with Crippen LogP contribution in [0.5, 0.6) is 0 Å². The van der Waals surface area contributed by atoms with Crippen molar-refractivity contribution in [2.45, 2.75) is 57.2 Å². The summed E-state index contributed by atoms with van der Waals surface area (Å²) in [5.74, 6) is 0. The number of anilines is 3. The van der Waals surface area contributed by atoms with E-state index >= 15 is 0 Å². The molecule has 10 heteroatoms. The minimum atomic E-state index is -1.22. The Hall–Kier alpha value is -3.86. The van der Waals surface area contributed by atoms with Gasteiger partial charge in [0.05, 0.1) is 22.7 Å². The van der Waals surface area contributed by atoms with E-state index < -0.39 is 11.4 Å². The molecular formula is C43H48ClN5O2S2. The Morgan fingerprint density at radius 1 is 0.943 bits per heavy atom. The lowest BCUT2D eigenvalue weighted by molar-refractivity contribution is 0.112. The lowest BCUT2D eigenvalue weighted by atomic mass is 9.83. The highest BCUT2D eigenvalue weighted by Gasteiger charge is 2.36. The fourth-order valence-corrected chi connectivity index (χ4v) is 9.81. The second-order valence-corrected chi connectivity index (χ2v) is 17.1. The number of hydrogen-bond acceptors (Lipinski definition) is 7. The number of aldehydes is 1. The third-order valence-electron chi connectivity index (χ3n) is 11.1. The third kappa shape index (κ3) is 8.15. The fraction of sp³-hybridized carbons (Fsp3) is 0.326. The van der Waals surface area contributed by atoms with E-state index in [0.29, 0.717) is 10.6 Å². The third-order valence-corrected chi connectivity index (χ3v) is 13.8. The van der Waals surface area contributed by atoms with E-state index in [-0.39, 0.29) is 10.8 Å². The summed E-state index contributed by atoms with van der Waals surface area (Å²) in [5.41, 5.74) is 9.94. The molecule has 0 amide bonds. The minimum absolute atomic E-state index is 0.0325. The maximum atomic E-state index is 13.4. The number of aromatic nitrogens is 1. The van der Waals surface area contributed by atoms with E-state index in [2.05, 4.69) is 98.4 Å². The van der Waals surface area contributed by atoms with Crippen LogP contribution >= 0.6 is 23.5 Å². The van der Waals surface area contributed by atoms with Crippen LogP contribution in [-0.2, 0) is 18.4 Å². The quantitative estimate of drug-likeness (QED) is 0.0682. The first-order chi connectivity index (χ1) is 25.6. The predicted octanol–water partition coefficient (Wildman–Crippen LogP) is 9.87. The molecule has 3 aliphatic rings. The first-order valence-electron chi connectivity index (χ1n) is 18.4. The van der Waals surface area contributed by atoms with Gasteiger partial charge in [0.1, 0.15) is 0 Å². The first-order valence-corrected chi connectivity index (χ1v) is 20.8. The van der Waals surface area contributed by atoms with Crippen molar-refractivity contribution in [2.24, 2.45) is 7.05 Å². The molecule has 0 radical (unpaired) electrons. The van der Waals surface area contributed by atoms with Crippen molar-refractivity contribution in [3.05, 3.63) is 124 Å². The van der Waals surface area contributed by atoms with Gasteiger partial charge in [-0.3, -0.25) is 4.79 Å². The van der Waals surface area contributed by atoms with Crippen molar-refractivity contribution in [1.82, 2.24) is 9.29 Å². The molecule has 1 aromatic heterocycles. The van der Waals surface area contributed by atoms with Gasteiger partial charge < -0.3 is 18.9 Å². The molecule has 2 aliphatic carbocycles. The van der Waals surface area contributed by atoms with Crippen LogP contribution in [0, 0.1) is 6.92 Å². The molecule has 53 heavy (non-hydrogen) atoms. The molecule has 1 aliphatic heterocycles. The van der Waals surface area contributed by atoms with Gasteiger partial charge in [-0.1, -0.05) is 59.7 Å². The number of carbonyl (C=O) groups excluding carboxylic acids is 1. The number of hydrogen-bond donors (Lipinski definition) is 2. The molecule has 0 spiro atoms. The first kappa shape index (κ1) is 37.5. The van der Waals surface area contributed by atoms with Crippen LogP contribution < -0.4 is 19.2 Å². The van der Waals surface area contributed by atoms with Crippen LogP contribution in [0.15, 0.2) is 108 Å². The largest absolute Gasteiger partial charge is 0.593 e. The van der Waals surface area contributed by atoms with Gasteiger partial charge >= 0.3 is 0 Å². The Morgan fingerprint density at radius 3 is 2.32 bits per heavy atom. The Morgan fingerprint density at radius 2 is 1.66 bits per heavy atom. The maximum absolute atomic E-state index is 13.4.